The van der Waals surface area contributed by atoms with Crippen molar-refractivity contribution < 1.29 is 0 Å². The Morgan fingerprint density at radius 2 is 1.24 bits per heavy atom. The van der Waals surface area contributed by atoms with E-state index in [9.17, 15) is 0 Å². The molecule has 0 aliphatic carbocycles. The molecule has 0 radical (unpaired) electrons. The van der Waals surface area contributed by atoms with E-state index in [2.05, 4.69) is 42.5 Å². The number of fused-ring (bicyclic) bond motifs is 1. The van der Waals surface area contributed by atoms with Crippen LogP contribution in [0.5, 0.6) is 0 Å². The Morgan fingerprint density at radius 1 is 0.619 bits per heavy atom. The van der Waals surface area contributed by atoms with Gasteiger partial charge in [0, 0.05) is 10.2 Å². The topological polar surface area (TPSA) is 0 Å². The Morgan fingerprint density at radius 3 is 1.95 bits per heavy atom. The standard InChI is InChI=1S/C20H30Si/c21-16-10-6-4-2-1-3-5-7-11-18-14-15-19-12-8-9-13-20(19)17-18/h8-9,12-15,17H,1-7,10-11,16H2,21H3. The molecule has 0 aliphatic heterocycles. The average molecular weight is 299 g/mol. The van der Waals surface area contributed by atoms with E-state index >= 15 is 0 Å². The van der Waals surface area contributed by atoms with Gasteiger partial charge in [-0.25, -0.2) is 0 Å². The van der Waals surface area contributed by atoms with Crippen molar-refractivity contribution in [1.29, 1.82) is 0 Å². The van der Waals surface area contributed by atoms with Gasteiger partial charge in [-0.3, -0.25) is 0 Å². The number of hydrogen-bond donors (Lipinski definition) is 0. The number of unbranched alkanes of at least 4 members (excludes halogenated alkanes) is 7. The van der Waals surface area contributed by atoms with Crippen molar-refractivity contribution in [2.24, 2.45) is 0 Å². The van der Waals surface area contributed by atoms with Crippen LogP contribution in [0.15, 0.2) is 42.5 Å². The Labute approximate surface area is 133 Å². The summed E-state index contributed by atoms with van der Waals surface area (Å²) in [5, 5.41) is 2.74. The van der Waals surface area contributed by atoms with Crippen LogP contribution in [0.25, 0.3) is 10.8 Å². The molecular weight excluding hydrogens is 268 g/mol. The minimum absolute atomic E-state index is 1.24. The predicted molar refractivity (Wildman–Crippen MR) is 99.3 cm³/mol. The molecule has 0 spiro atoms. The van der Waals surface area contributed by atoms with Crippen LogP contribution < -0.4 is 0 Å². The summed E-state index contributed by atoms with van der Waals surface area (Å²) in [6.07, 6.45) is 12.7. The maximum Gasteiger partial charge on any atom is 0.00279 e. The number of hydrogen-bond acceptors (Lipinski definition) is 0. The molecule has 0 fully saturated rings. The van der Waals surface area contributed by atoms with Crippen molar-refractivity contribution in [2.45, 2.75) is 63.8 Å². The second-order valence-corrected chi connectivity index (χ2v) is 7.26. The highest BCUT2D eigenvalue weighted by Crippen LogP contribution is 2.17. The smallest absolute Gasteiger partial charge is 0.00279 e. The van der Waals surface area contributed by atoms with Gasteiger partial charge in [0.1, 0.15) is 0 Å². The van der Waals surface area contributed by atoms with Crippen LogP contribution in [0.4, 0.5) is 0 Å². The van der Waals surface area contributed by atoms with Crippen LogP contribution in [0.3, 0.4) is 0 Å². The van der Waals surface area contributed by atoms with Crippen LogP contribution in [-0.4, -0.2) is 10.2 Å². The SMILES string of the molecule is [SiH3]CCCCCCCCCCc1ccc2ccccc2c1. The quantitative estimate of drug-likeness (QED) is 0.413. The van der Waals surface area contributed by atoms with E-state index in [-0.39, 0.29) is 0 Å². The first-order valence-electron chi connectivity index (χ1n) is 8.88. The maximum atomic E-state index is 2.36. The summed E-state index contributed by atoms with van der Waals surface area (Å²) in [5.41, 5.74) is 1.50. The summed E-state index contributed by atoms with van der Waals surface area (Å²) in [5.74, 6) is 0. The molecule has 0 bridgehead atoms. The van der Waals surface area contributed by atoms with E-state index in [1.165, 1.54) is 90.4 Å². The molecule has 0 aromatic heterocycles. The summed E-state index contributed by atoms with van der Waals surface area (Å²) >= 11 is 0. The van der Waals surface area contributed by atoms with E-state index in [1.54, 1.807) is 0 Å². The lowest BCUT2D eigenvalue weighted by Gasteiger charge is -2.04. The highest BCUT2D eigenvalue weighted by atomic mass is 28.1. The predicted octanol–water partition coefficient (Wildman–Crippen LogP) is 5.29. The van der Waals surface area contributed by atoms with Crippen LogP contribution in [0.2, 0.25) is 6.04 Å². The molecule has 0 saturated heterocycles. The minimum Gasteiger partial charge on any atom is -0.0658 e. The summed E-state index contributed by atoms with van der Waals surface area (Å²) in [6, 6.07) is 17.1. The van der Waals surface area contributed by atoms with Gasteiger partial charge in [-0.1, -0.05) is 93.5 Å². The Balaban J connectivity index is 1.59. The zero-order chi connectivity index (χ0) is 14.8. The number of rotatable bonds is 10. The molecule has 0 N–H and O–H groups in total. The van der Waals surface area contributed by atoms with Gasteiger partial charge in [0.15, 0.2) is 0 Å². The lowest BCUT2D eigenvalue weighted by atomic mass is 10.0. The van der Waals surface area contributed by atoms with E-state index in [0.717, 1.165) is 0 Å². The highest BCUT2D eigenvalue weighted by Gasteiger charge is 1.97. The fraction of sp³-hybridized carbons (Fsp3) is 0.500. The molecule has 2 aromatic carbocycles. The second-order valence-electron chi connectivity index (χ2n) is 6.26. The molecule has 0 unspecified atom stereocenters. The highest BCUT2D eigenvalue weighted by molar-refractivity contribution is 6.08. The first kappa shape index (κ1) is 16.3. The third kappa shape index (κ3) is 6.05. The van der Waals surface area contributed by atoms with Gasteiger partial charge < -0.3 is 0 Å². The Kier molecular flexibility index (Phi) is 7.59. The molecule has 0 saturated carbocycles. The fourth-order valence-electron chi connectivity index (χ4n) is 3.03. The lowest BCUT2D eigenvalue weighted by Crippen LogP contribution is -1.87. The zero-order valence-electron chi connectivity index (χ0n) is 13.6. The lowest BCUT2D eigenvalue weighted by molar-refractivity contribution is 0.575. The van der Waals surface area contributed by atoms with Gasteiger partial charge in [-0.2, -0.15) is 0 Å². The van der Waals surface area contributed by atoms with Crippen molar-refractivity contribution in [3.8, 4) is 0 Å². The molecule has 21 heavy (non-hydrogen) atoms. The van der Waals surface area contributed by atoms with Crippen LogP contribution in [-0.2, 0) is 6.42 Å². The van der Waals surface area contributed by atoms with Gasteiger partial charge in [0.2, 0.25) is 0 Å². The Bertz CT molecular complexity index is 518. The molecule has 0 nitrogen and oxygen atoms in total. The van der Waals surface area contributed by atoms with Gasteiger partial charge in [-0.05, 0) is 29.2 Å². The summed E-state index contributed by atoms with van der Waals surface area (Å²) in [4.78, 5) is 0. The van der Waals surface area contributed by atoms with E-state index in [0.29, 0.717) is 0 Å². The van der Waals surface area contributed by atoms with E-state index in [4.69, 9.17) is 0 Å². The molecule has 2 rings (SSSR count). The van der Waals surface area contributed by atoms with Crippen LogP contribution >= 0.6 is 0 Å². The number of aryl methyl sites for hydroxylation is 1. The molecule has 1 heteroatoms. The first-order valence-corrected chi connectivity index (χ1v) is 10.3. The van der Waals surface area contributed by atoms with Crippen molar-refractivity contribution in [3.63, 3.8) is 0 Å². The Hall–Kier alpha value is -1.08. The normalized spacial score (nSPS) is 11.2. The molecule has 0 atom stereocenters. The van der Waals surface area contributed by atoms with E-state index in [1.807, 2.05) is 0 Å². The molecular formula is C20H30Si. The largest absolute Gasteiger partial charge is 0.0658 e. The summed E-state index contributed by atoms with van der Waals surface area (Å²) in [7, 11) is 1.39. The first-order chi connectivity index (χ1) is 10.4. The maximum absolute atomic E-state index is 2.36. The third-order valence-corrected chi connectivity index (χ3v) is 5.09. The minimum atomic E-state index is 1.24. The molecule has 0 heterocycles. The van der Waals surface area contributed by atoms with Gasteiger partial charge >= 0.3 is 0 Å². The summed E-state index contributed by atoms with van der Waals surface area (Å²) in [6.45, 7) is 0. The third-order valence-electron chi connectivity index (χ3n) is 4.38. The van der Waals surface area contributed by atoms with Gasteiger partial charge in [0.05, 0.1) is 0 Å². The molecule has 2 aromatic rings. The second kappa shape index (κ2) is 9.78. The van der Waals surface area contributed by atoms with Crippen molar-refractivity contribution in [2.75, 3.05) is 0 Å². The van der Waals surface area contributed by atoms with Crippen molar-refractivity contribution in [3.05, 3.63) is 48.0 Å². The number of benzene rings is 2. The van der Waals surface area contributed by atoms with Crippen LogP contribution in [0.1, 0.15) is 56.9 Å². The fourth-order valence-corrected chi connectivity index (χ4v) is 3.53. The van der Waals surface area contributed by atoms with Crippen molar-refractivity contribution in [1.82, 2.24) is 0 Å². The van der Waals surface area contributed by atoms with E-state index < -0.39 is 0 Å². The van der Waals surface area contributed by atoms with Crippen molar-refractivity contribution >= 4 is 21.0 Å². The summed E-state index contributed by atoms with van der Waals surface area (Å²) < 4.78 is 0. The molecule has 114 valence electrons. The van der Waals surface area contributed by atoms with Gasteiger partial charge in [-0.15, -0.1) is 0 Å². The average Bonchev–Trinajstić information content (AvgIpc) is 2.53. The molecule has 0 aliphatic rings. The van der Waals surface area contributed by atoms with Gasteiger partial charge in [0.25, 0.3) is 0 Å². The van der Waals surface area contributed by atoms with Crippen LogP contribution in [0, 0.1) is 0 Å². The monoisotopic (exact) mass is 298 g/mol. The molecule has 0 amide bonds. The zero-order valence-corrected chi connectivity index (χ0v) is 15.6.